The number of alkyl halides is 4. The molecule has 0 bridgehead atoms. The Kier molecular flexibility index (Phi) is 5.85. The zero-order valence-corrected chi connectivity index (χ0v) is 19.3. The van der Waals surface area contributed by atoms with Crippen molar-refractivity contribution in [2.24, 2.45) is 11.7 Å². The van der Waals surface area contributed by atoms with E-state index in [1.807, 2.05) is 0 Å². The lowest BCUT2D eigenvalue weighted by Gasteiger charge is -2.43. The molecule has 3 fully saturated rings. The standard InChI is InChI=1S/C26H25F5N2O3/c27-20-12-18(26(29,30)31)7-8-19(20)21(15-5-6-15)25(23(32)35)9-2-10-33(25)22(34)16-3-1-4-17(11-16)24(28)13-36-14-24/h1,3-4,7-8,11-12,15,21H,2,5-6,9-10,13-14H2,(H2,32,35)/t21-,25+/m1/s1. The second-order valence-corrected chi connectivity index (χ2v) is 9.94. The second kappa shape index (κ2) is 8.54. The maximum atomic E-state index is 15.2. The predicted molar refractivity (Wildman–Crippen MR) is 119 cm³/mol. The van der Waals surface area contributed by atoms with Gasteiger partial charge in [0.2, 0.25) is 5.91 Å². The first-order valence-electron chi connectivity index (χ1n) is 11.8. The third kappa shape index (κ3) is 3.95. The van der Waals surface area contributed by atoms with Gasteiger partial charge in [0.05, 0.1) is 18.8 Å². The lowest BCUT2D eigenvalue weighted by atomic mass is 9.73. The van der Waals surface area contributed by atoms with E-state index in [4.69, 9.17) is 10.5 Å². The van der Waals surface area contributed by atoms with Gasteiger partial charge in [-0.25, -0.2) is 8.78 Å². The summed E-state index contributed by atoms with van der Waals surface area (Å²) >= 11 is 0. The summed E-state index contributed by atoms with van der Waals surface area (Å²) in [6.07, 6.45) is -2.92. The van der Waals surface area contributed by atoms with E-state index >= 15 is 4.39 Å². The molecule has 2 heterocycles. The molecule has 0 spiro atoms. The molecular weight excluding hydrogens is 483 g/mol. The molecular formula is C26H25F5N2O3. The Morgan fingerprint density at radius 3 is 2.39 bits per heavy atom. The molecule has 0 aromatic heterocycles. The number of carbonyl (C=O) groups excluding carboxylic acids is 2. The molecule has 2 saturated heterocycles. The first-order chi connectivity index (χ1) is 17.0. The van der Waals surface area contributed by atoms with Crippen LogP contribution >= 0.6 is 0 Å². The van der Waals surface area contributed by atoms with Crippen LogP contribution in [0.25, 0.3) is 0 Å². The highest BCUT2D eigenvalue weighted by atomic mass is 19.4. The second-order valence-electron chi connectivity index (χ2n) is 9.94. The molecule has 5 nitrogen and oxygen atoms in total. The summed E-state index contributed by atoms with van der Waals surface area (Å²) < 4.78 is 74.5. The van der Waals surface area contributed by atoms with Crippen LogP contribution < -0.4 is 5.73 Å². The van der Waals surface area contributed by atoms with Crippen LogP contribution in [0.2, 0.25) is 0 Å². The van der Waals surface area contributed by atoms with Gasteiger partial charge in [0.1, 0.15) is 11.4 Å². The number of primary amides is 1. The fourth-order valence-corrected chi connectivity index (χ4v) is 5.68. The number of carbonyl (C=O) groups is 2. The molecule has 0 unspecified atom stereocenters. The van der Waals surface area contributed by atoms with Gasteiger partial charge in [-0.2, -0.15) is 13.2 Å². The van der Waals surface area contributed by atoms with Crippen molar-refractivity contribution in [2.75, 3.05) is 19.8 Å². The van der Waals surface area contributed by atoms with Crippen molar-refractivity contribution in [1.29, 1.82) is 0 Å². The van der Waals surface area contributed by atoms with E-state index < -0.39 is 46.5 Å². The van der Waals surface area contributed by atoms with Crippen molar-refractivity contribution >= 4 is 11.8 Å². The molecule has 2 aliphatic heterocycles. The number of hydrogen-bond donors (Lipinski definition) is 1. The third-order valence-corrected chi connectivity index (χ3v) is 7.65. The zero-order valence-electron chi connectivity index (χ0n) is 19.3. The van der Waals surface area contributed by atoms with Gasteiger partial charge < -0.3 is 15.4 Å². The normalized spacial score (nSPS) is 24.3. The molecule has 3 aliphatic rings. The number of amides is 2. The molecule has 1 saturated carbocycles. The Morgan fingerprint density at radius 2 is 1.83 bits per heavy atom. The van der Waals surface area contributed by atoms with Crippen LogP contribution in [0.4, 0.5) is 22.0 Å². The third-order valence-electron chi connectivity index (χ3n) is 7.65. The number of rotatable bonds is 6. The molecule has 2 aromatic rings. The average molecular weight is 508 g/mol. The summed E-state index contributed by atoms with van der Waals surface area (Å²) in [4.78, 5) is 28.1. The minimum absolute atomic E-state index is 0.0629. The summed E-state index contributed by atoms with van der Waals surface area (Å²) in [5.41, 5.74) is 1.80. The monoisotopic (exact) mass is 508 g/mol. The van der Waals surface area contributed by atoms with E-state index in [2.05, 4.69) is 0 Å². The summed E-state index contributed by atoms with van der Waals surface area (Å²) in [6, 6.07) is 8.27. The minimum atomic E-state index is -4.73. The van der Waals surface area contributed by atoms with Crippen molar-refractivity contribution in [2.45, 2.75) is 49.0 Å². The molecule has 2 amide bonds. The van der Waals surface area contributed by atoms with Crippen molar-refractivity contribution in [1.82, 2.24) is 4.90 Å². The molecule has 2 aromatic carbocycles. The Labute approximate surface area is 204 Å². The Morgan fingerprint density at radius 1 is 1.11 bits per heavy atom. The largest absolute Gasteiger partial charge is 0.416 e. The van der Waals surface area contributed by atoms with Gasteiger partial charge in [-0.3, -0.25) is 9.59 Å². The molecule has 1 aliphatic carbocycles. The lowest BCUT2D eigenvalue weighted by molar-refractivity contribution is -0.138. The maximum Gasteiger partial charge on any atom is 0.416 e. The summed E-state index contributed by atoms with van der Waals surface area (Å²) in [6.45, 7) is -0.103. The molecule has 192 valence electrons. The van der Waals surface area contributed by atoms with Crippen LogP contribution in [0, 0.1) is 11.7 Å². The SMILES string of the molecule is NC(=O)[C@@]1([C@@H](c2ccc(C(F)(F)F)cc2F)C2CC2)CCCN1C(=O)c1cccc(C2(F)COC2)c1. The molecule has 10 heteroatoms. The van der Waals surface area contributed by atoms with Gasteiger partial charge in [-0.1, -0.05) is 18.2 Å². The highest BCUT2D eigenvalue weighted by Gasteiger charge is 2.59. The van der Waals surface area contributed by atoms with E-state index in [1.54, 1.807) is 6.07 Å². The van der Waals surface area contributed by atoms with Crippen molar-refractivity contribution in [3.63, 3.8) is 0 Å². The average Bonchev–Trinajstić information content (AvgIpc) is 3.54. The van der Waals surface area contributed by atoms with Crippen LogP contribution in [0.15, 0.2) is 42.5 Å². The molecule has 2 atom stereocenters. The van der Waals surface area contributed by atoms with Crippen LogP contribution in [-0.4, -0.2) is 42.0 Å². The smallest absolute Gasteiger partial charge is 0.374 e. The Hall–Kier alpha value is -3.01. The van der Waals surface area contributed by atoms with E-state index in [0.29, 0.717) is 25.3 Å². The predicted octanol–water partition coefficient (Wildman–Crippen LogP) is 4.69. The first-order valence-corrected chi connectivity index (χ1v) is 11.8. The van der Waals surface area contributed by atoms with E-state index in [-0.39, 0.29) is 48.8 Å². The number of nitrogens with zero attached hydrogens (tertiary/aromatic N) is 1. The minimum Gasteiger partial charge on any atom is -0.374 e. The first kappa shape index (κ1) is 24.7. The highest BCUT2D eigenvalue weighted by molar-refractivity contribution is 6.00. The number of hydrogen-bond acceptors (Lipinski definition) is 3. The van der Waals surface area contributed by atoms with Crippen molar-refractivity contribution < 1.29 is 36.3 Å². The molecule has 0 radical (unpaired) electrons. The molecule has 2 N–H and O–H groups in total. The highest BCUT2D eigenvalue weighted by Crippen LogP contribution is 2.54. The van der Waals surface area contributed by atoms with Crippen LogP contribution in [0.5, 0.6) is 0 Å². The van der Waals surface area contributed by atoms with E-state index in [1.165, 1.54) is 23.1 Å². The fraction of sp³-hybridized carbons (Fsp3) is 0.462. The number of halogens is 5. The van der Waals surface area contributed by atoms with Gasteiger partial charge in [0, 0.05) is 18.0 Å². The summed E-state index contributed by atoms with van der Waals surface area (Å²) in [5, 5.41) is 0. The van der Waals surface area contributed by atoms with E-state index in [9.17, 15) is 27.2 Å². The molecule has 5 rings (SSSR count). The van der Waals surface area contributed by atoms with Crippen LogP contribution in [0.1, 0.15) is 58.6 Å². The molecule has 36 heavy (non-hydrogen) atoms. The summed E-state index contributed by atoms with van der Waals surface area (Å²) in [7, 11) is 0. The number of benzene rings is 2. The van der Waals surface area contributed by atoms with Gasteiger partial charge in [0.15, 0.2) is 5.67 Å². The lowest BCUT2D eigenvalue weighted by Crippen LogP contribution is -2.60. The van der Waals surface area contributed by atoms with Crippen LogP contribution in [-0.2, 0) is 21.4 Å². The number of nitrogens with two attached hydrogens (primary N) is 1. The Balaban J connectivity index is 1.56. The van der Waals surface area contributed by atoms with E-state index in [0.717, 1.165) is 12.1 Å². The zero-order chi connectivity index (χ0) is 25.9. The van der Waals surface area contributed by atoms with Gasteiger partial charge in [-0.05, 0) is 67.0 Å². The summed E-state index contributed by atoms with van der Waals surface area (Å²) in [5.74, 6) is -3.61. The number of likely N-dealkylation sites (tertiary alicyclic amines) is 1. The van der Waals surface area contributed by atoms with Gasteiger partial charge in [-0.15, -0.1) is 0 Å². The van der Waals surface area contributed by atoms with Crippen LogP contribution in [0.3, 0.4) is 0 Å². The number of ether oxygens (including phenoxy) is 1. The Bertz CT molecular complexity index is 1210. The van der Waals surface area contributed by atoms with Gasteiger partial charge in [0.25, 0.3) is 5.91 Å². The topological polar surface area (TPSA) is 72.6 Å². The van der Waals surface area contributed by atoms with Crippen molar-refractivity contribution in [3.05, 3.63) is 70.5 Å². The van der Waals surface area contributed by atoms with Gasteiger partial charge >= 0.3 is 6.18 Å². The van der Waals surface area contributed by atoms with Crippen molar-refractivity contribution in [3.8, 4) is 0 Å². The fourth-order valence-electron chi connectivity index (χ4n) is 5.68. The quantitative estimate of drug-likeness (QED) is 0.576. The maximum absolute atomic E-state index is 15.2.